The van der Waals surface area contributed by atoms with Crippen LogP contribution in [0.5, 0.6) is 0 Å². The molecule has 0 saturated carbocycles. The van der Waals surface area contributed by atoms with Crippen LogP contribution in [0.1, 0.15) is 41.4 Å². The molecule has 6 rings (SSSR count). The second kappa shape index (κ2) is 15.8. The molecule has 0 fully saturated rings. The predicted octanol–water partition coefficient (Wildman–Crippen LogP) is 4.39. The minimum Gasteiger partial charge on any atom is -0.314 e. The third kappa shape index (κ3) is 6.80. The summed E-state index contributed by atoms with van der Waals surface area (Å²) in [6.07, 6.45) is 0. The summed E-state index contributed by atoms with van der Waals surface area (Å²) in [6.45, 7) is 4.42. The van der Waals surface area contributed by atoms with Crippen molar-refractivity contribution in [2.24, 2.45) is 0 Å². The van der Waals surface area contributed by atoms with E-state index in [1.165, 1.54) is 9.80 Å². The number of carbonyl (C=O) groups excluding carboxylic acids is 4. The van der Waals surface area contributed by atoms with Crippen LogP contribution in [-0.4, -0.2) is 85.8 Å². The Labute approximate surface area is 287 Å². The second-order valence-electron chi connectivity index (χ2n) is 10.2. The van der Waals surface area contributed by atoms with Crippen molar-refractivity contribution in [2.45, 2.75) is 0 Å². The smallest absolute Gasteiger partial charge is 0.261 e. The van der Waals surface area contributed by atoms with Crippen LogP contribution in [0.3, 0.4) is 0 Å². The van der Waals surface area contributed by atoms with Crippen LogP contribution in [0, 0.1) is 0 Å². The van der Waals surface area contributed by atoms with Crippen LogP contribution < -0.4 is 16.0 Å². The van der Waals surface area contributed by atoms with Gasteiger partial charge in [0, 0.05) is 85.4 Å². The largest absolute Gasteiger partial charge is 0.314 e. The Bertz CT molecular complexity index is 1470. The van der Waals surface area contributed by atoms with E-state index in [4.69, 9.17) is 0 Å². The number of hydrogen-bond acceptors (Lipinski definition) is 7. The maximum Gasteiger partial charge on any atom is 0.261 e. The lowest BCUT2D eigenvalue weighted by atomic mass is 9.94. The molecule has 0 spiro atoms. The Balaban J connectivity index is 0.00000176. The number of hydrogen-bond donors (Lipinski definition) is 3. The van der Waals surface area contributed by atoms with Gasteiger partial charge in [-0.05, 0) is 35.0 Å². The van der Waals surface area contributed by atoms with Crippen molar-refractivity contribution < 1.29 is 19.2 Å². The number of carbonyl (C=O) groups is 4. The summed E-state index contributed by atoms with van der Waals surface area (Å²) in [5, 5.41) is 13.2. The van der Waals surface area contributed by atoms with Gasteiger partial charge in [0.1, 0.15) is 0 Å². The van der Waals surface area contributed by atoms with Crippen molar-refractivity contribution in [1.82, 2.24) is 25.8 Å². The summed E-state index contributed by atoms with van der Waals surface area (Å²) in [5.74, 6) is -1.00. The molecule has 2 heterocycles. The van der Waals surface area contributed by atoms with Crippen LogP contribution in [0.15, 0.2) is 72.8 Å². The lowest BCUT2D eigenvalue weighted by Crippen LogP contribution is -2.45. The first-order valence-corrected chi connectivity index (χ1v) is 13.9. The van der Waals surface area contributed by atoms with Crippen molar-refractivity contribution in [3.63, 3.8) is 0 Å². The highest BCUT2D eigenvalue weighted by Crippen LogP contribution is 2.30. The molecule has 0 saturated heterocycles. The molecule has 0 aromatic heterocycles. The van der Waals surface area contributed by atoms with E-state index in [0.29, 0.717) is 61.5 Å². The standard InChI is InChI=1S/C32H31N5O4.3BrH/c38-29-23-9-1-5-21-6-2-10-24(27(21)23)30(39)36(29)19-17-34-15-13-33-14-16-35-18-20-37-31(40)25-11-3-7-22-8-4-12-26(28(22)25)32(37)41;;;/h1-12,33-35H,13-20H2;3*1H. The van der Waals surface area contributed by atoms with Crippen molar-refractivity contribution >= 4 is 96.1 Å². The molecule has 232 valence electrons. The Morgan fingerprint density at radius 2 is 0.682 bits per heavy atom. The fourth-order valence-corrected chi connectivity index (χ4v) is 5.68. The molecule has 4 aromatic rings. The maximum absolute atomic E-state index is 13.0. The van der Waals surface area contributed by atoms with E-state index in [1.54, 1.807) is 24.3 Å². The highest BCUT2D eigenvalue weighted by atomic mass is 79.9. The van der Waals surface area contributed by atoms with Crippen molar-refractivity contribution in [3.05, 3.63) is 95.1 Å². The quantitative estimate of drug-likeness (QED) is 0.144. The van der Waals surface area contributed by atoms with Gasteiger partial charge in [0.2, 0.25) is 0 Å². The molecule has 44 heavy (non-hydrogen) atoms. The van der Waals surface area contributed by atoms with Gasteiger partial charge in [0.25, 0.3) is 23.6 Å². The van der Waals surface area contributed by atoms with Crippen molar-refractivity contribution in [3.8, 4) is 0 Å². The van der Waals surface area contributed by atoms with Crippen molar-refractivity contribution in [2.75, 3.05) is 52.4 Å². The van der Waals surface area contributed by atoms with Crippen LogP contribution in [0.25, 0.3) is 21.5 Å². The van der Waals surface area contributed by atoms with Crippen LogP contribution in [-0.2, 0) is 0 Å². The molecule has 0 radical (unpaired) electrons. The summed E-state index contributed by atoms with van der Waals surface area (Å²) in [4.78, 5) is 54.5. The number of nitrogens with zero attached hydrogens (tertiary/aromatic N) is 2. The van der Waals surface area contributed by atoms with Gasteiger partial charge in [-0.25, -0.2) is 0 Å². The third-order valence-electron chi connectivity index (χ3n) is 7.69. The Morgan fingerprint density at radius 1 is 0.409 bits per heavy atom. The summed E-state index contributed by atoms with van der Waals surface area (Å²) in [6, 6.07) is 22.2. The zero-order valence-corrected chi connectivity index (χ0v) is 29.0. The molecule has 9 nitrogen and oxygen atoms in total. The number of amides is 4. The third-order valence-corrected chi connectivity index (χ3v) is 7.69. The fraction of sp³-hybridized carbons (Fsp3) is 0.250. The number of halogens is 3. The monoisotopic (exact) mass is 789 g/mol. The molecular weight excluding hydrogens is 758 g/mol. The summed E-state index contributed by atoms with van der Waals surface area (Å²) >= 11 is 0. The van der Waals surface area contributed by atoms with E-state index in [1.807, 2.05) is 48.5 Å². The normalized spacial score (nSPS) is 13.5. The summed E-state index contributed by atoms with van der Waals surface area (Å²) in [7, 11) is 0. The van der Waals surface area contributed by atoms with Gasteiger partial charge in [-0.15, -0.1) is 50.9 Å². The van der Waals surface area contributed by atoms with Gasteiger partial charge in [-0.3, -0.25) is 29.0 Å². The lowest BCUT2D eigenvalue weighted by molar-refractivity contribution is 0.0597. The SMILES string of the molecule is Br.Br.Br.O=C1c2cccc3cccc(c23)C(=O)N1CCNCCNCCNCCN1C(=O)c2cccc3cccc(c23)C1=O. The van der Waals surface area contributed by atoms with E-state index >= 15 is 0 Å². The molecular formula is C32H34Br3N5O4. The fourth-order valence-electron chi connectivity index (χ4n) is 5.68. The molecule has 0 unspecified atom stereocenters. The Hall–Kier alpha value is -3.00. The Kier molecular flexibility index (Phi) is 12.8. The van der Waals surface area contributed by atoms with E-state index in [0.717, 1.165) is 34.6 Å². The second-order valence-corrected chi connectivity index (χ2v) is 10.2. The molecule has 2 aliphatic rings. The first-order chi connectivity index (χ1) is 20.1. The van der Waals surface area contributed by atoms with Crippen molar-refractivity contribution in [1.29, 1.82) is 0 Å². The van der Waals surface area contributed by atoms with E-state index < -0.39 is 0 Å². The zero-order chi connectivity index (χ0) is 28.3. The lowest BCUT2D eigenvalue weighted by Gasteiger charge is -2.27. The van der Waals surface area contributed by atoms with Crippen LogP contribution in [0.4, 0.5) is 0 Å². The van der Waals surface area contributed by atoms with E-state index in [9.17, 15) is 19.2 Å². The van der Waals surface area contributed by atoms with Gasteiger partial charge in [-0.2, -0.15) is 0 Å². The minimum atomic E-state index is -0.250. The van der Waals surface area contributed by atoms with Gasteiger partial charge >= 0.3 is 0 Å². The average Bonchev–Trinajstić information content (AvgIpc) is 3.00. The topological polar surface area (TPSA) is 111 Å². The molecule has 2 aliphatic heterocycles. The van der Waals surface area contributed by atoms with Gasteiger partial charge < -0.3 is 16.0 Å². The van der Waals surface area contributed by atoms with Gasteiger partial charge in [0.05, 0.1) is 0 Å². The summed E-state index contributed by atoms with van der Waals surface area (Å²) < 4.78 is 0. The highest BCUT2D eigenvalue weighted by molar-refractivity contribution is 8.93. The molecule has 0 atom stereocenters. The molecule has 12 heteroatoms. The predicted molar refractivity (Wildman–Crippen MR) is 188 cm³/mol. The molecule has 4 amide bonds. The number of benzene rings is 4. The number of nitrogens with one attached hydrogen (secondary N) is 3. The number of imide groups is 2. The molecule has 4 aromatic carbocycles. The van der Waals surface area contributed by atoms with Gasteiger partial charge in [-0.1, -0.05) is 48.5 Å². The van der Waals surface area contributed by atoms with Gasteiger partial charge in [0.15, 0.2) is 0 Å². The van der Waals surface area contributed by atoms with Crippen LogP contribution in [0.2, 0.25) is 0 Å². The molecule has 0 aliphatic carbocycles. The average molecular weight is 792 g/mol. The van der Waals surface area contributed by atoms with Crippen LogP contribution >= 0.6 is 50.9 Å². The first-order valence-electron chi connectivity index (χ1n) is 13.9. The van der Waals surface area contributed by atoms with E-state index in [2.05, 4.69) is 16.0 Å². The first kappa shape index (κ1) is 35.5. The highest BCUT2D eigenvalue weighted by Gasteiger charge is 2.33. The minimum absolute atomic E-state index is 0. The molecule has 0 bridgehead atoms. The summed E-state index contributed by atoms with van der Waals surface area (Å²) in [5.41, 5.74) is 2.29. The number of rotatable bonds is 12. The molecule has 3 N–H and O–H groups in total. The Morgan fingerprint density at radius 3 is 0.977 bits per heavy atom. The zero-order valence-electron chi connectivity index (χ0n) is 23.8. The maximum atomic E-state index is 13.0. The van der Waals surface area contributed by atoms with E-state index in [-0.39, 0.29) is 74.6 Å².